The second-order valence-electron chi connectivity index (χ2n) is 8.61. The number of hydrogen-bond acceptors (Lipinski definition) is 2. The maximum absolute atomic E-state index is 15.3. The van der Waals surface area contributed by atoms with E-state index in [4.69, 9.17) is 4.74 Å². The topological polar surface area (TPSA) is 9.23 Å². The molecule has 0 saturated heterocycles. The highest BCUT2D eigenvalue weighted by molar-refractivity contribution is 7.17. The van der Waals surface area contributed by atoms with Gasteiger partial charge in [-0.3, -0.25) is 0 Å². The molecule has 3 heteroatoms. The minimum Gasteiger partial charge on any atom is -0.473 e. The van der Waals surface area contributed by atoms with E-state index in [-0.39, 0.29) is 5.82 Å². The molecule has 1 aromatic heterocycles. The van der Waals surface area contributed by atoms with Crippen LogP contribution in [0, 0.1) is 5.82 Å². The average molecular weight is 447 g/mol. The molecule has 2 aliphatic rings. The van der Waals surface area contributed by atoms with Gasteiger partial charge in [0.1, 0.15) is 11.6 Å². The molecule has 0 radical (unpaired) electrons. The van der Waals surface area contributed by atoms with Gasteiger partial charge >= 0.3 is 0 Å². The third-order valence-electron chi connectivity index (χ3n) is 6.88. The van der Waals surface area contributed by atoms with Crippen molar-refractivity contribution in [3.05, 3.63) is 130 Å². The first-order valence-electron chi connectivity index (χ1n) is 11.1. The second-order valence-corrected chi connectivity index (χ2v) is 9.53. The fraction of sp³-hybridized carbons (Fsp3) is 0.0667. The molecule has 0 fully saturated rings. The number of halogens is 1. The second kappa shape index (κ2) is 6.90. The molecule has 0 saturated carbocycles. The van der Waals surface area contributed by atoms with Crippen molar-refractivity contribution >= 4 is 27.5 Å². The molecule has 1 unspecified atom stereocenters. The van der Waals surface area contributed by atoms with Crippen LogP contribution in [0.2, 0.25) is 0 Å². The molecule has 1 nitrogen and oxygen atoms in total. The molecule has 1 atom stereocenters. The van der Waals surface area contributed by atoms with Crippen LogP contribution >= 0.6 is 11.3 Å². The van der Waals surface area contributed by atoms with Crippen molar-refractivity contribution in [2.45, 2.75) is 12.0 Å². The summed E-state index contributed by atoms with van der Waals surface area (Å²) in [5, 5.41) is 3.42. The van der Waals surface area contributed by atoms with Crippen LogP contribution in [-0.4, -0.2) is 0 Å². The Kier molecular flexibility index (Phi) is 3.94. The normalized spacial score (nSPS) is 18.0. The number of rotatable bonds is 2. The summed E-state index contributed by atoms with van der Waals surface area (Å²) in [5.41, 5.74) is 6.52. The number of ether oxygens (including phenoxy) is 1. The lowest BCUT2D eigenvalue weighted by molar-refractivity contribution is 0.155. The summed E-state index contributed by atoms with van der Waals surface area (Å²) in [6.45, 7) is 0. The first-order chi connectivity index (χ1) is 16.3. The van der Waals surface area contributed by atoms with Crippen LogP contribution in [0.4, 0.5) is 4.39 Å². The lowest BCUT2D eigenvalue weighted by atomic mass is 9.82. The van der Waals surface area contributed by atoms with Gasteiger partial charge in [-0.25, -0.2) is 4.39 Å². The van der Waals surface area contributed by atoms with E-state index < -0.39 is 5.60 Å². The zero-order chi connectivity index (χ0) is 22.0. The van der Waals surface area contributed by atoms with Gasteiger partial charge < -0.3 is 4.74 Å². The molecule has 0 bridgehead atoms. The number of hydrogen-bond donors (Lipinski definition) is 0. The minimum atomic E-state index is -1.03. The van der Waals surface area contributed by atoms with Gasteiger partial charge in [0.15, 0.2) is 5.60 Å². The highest BCUT2D eigenvalue weighted by atomic mass is 32.1. The molecule has 1 aliphatic heterocycles. The third-order valence-corrected chi connectivity index (χ3v) is 7.83. The maximum atomic E-state index is 15.3. The smallest absolute Gasteiger partial charge is 0.180 e. The van der Waals surface area contributed by atoms with E-state index in [1.165, 1.54) is 38.4 Å². The summed E-state index contributed by atoms with van der Waals surface area (Å²) >= 11 is 1.73. The van der Waals surface area contributed by atoms with Crippen molar-refractivity contribution in [2.75, 3.05) is 0 Å². The Labute approximate surface area is 195 Å². The van der Waals surface area contributed by atoms with Gasteiger partial charge in [0.05, 0.1) is 0 Å². The van der Waals surface area contributed by atoms with Crippen molar-refractivity contribution in [1.29, 1.82) is 0 Å². The maximum Gasteiger partial charge on any atom is 0.180 e. The van der Waals surface area contributed by atoms with Crippen molar-refractivity contribution in [1.82, 2.24) is 0 Å². The summed E-state index contributed by atoms with van der Waals surface area (Å²) in [7, 11) is 0. The largest absolute Gasteiger partial charge is 0.473 e. The minimum absolute atomic E-state index is 0.272. The Hall–Kier alpha value is -3.69. The summed E-state index contributed by atoms with van der Waals surface area (Å²) < 4.78 is 23.5. The fourth-order valence-electron chi connectivity index (χ4n) is 5.41. The van der Waals surface area contributed by atoms with Gasteiger partial charge in [-0.1, -0.05) is 72.8 Å². The van der Waals surface area contributed by atoms with Crippen molar-refractivity contribution in [2.24, 2.45) is 0 Å². The predicted octanol–water partition coefficient (Wildman–Crippen LogP) is 7.96. The Morgan fingerprint density at radius 2 is 1.64 bits per heavy atom. The molecule has 33 heavy (non-hydrogen) atoms. The molecule has 5 aromatic rings. The molecule has 7 rings (SSSR count). The van der Waals surface area contributed by atoms with Crippen LogP contribution in [-0.2, 0) is 12.0 Å². The highest BCUT2D eigenvalue weighted by Crippen LogP contribution is 2.54. The fourth-order valence-corrected chi connectivity index (χ4v) is 6.33. The van der Waals surface area contributed by atoms with Crippen LogP contribution in [0.15, 0.2) is 96.4 Å². The van der Waals surface area contributed by atoms with Crippen molar-refractivity contribution in [3.8, 4) is 16.9 Å². The lowest BCUT2D eigenvalue weighted by Gasteiger charge is -2.37. The van der Waals surface area contributed by atoms with Gasteiger partial charge in [-0.2, -0.15) is 0 Å². The Bertz CT molecular complexity index is 1580. The highest BCUT2D eigenvalue weighted by Gasteiger charge is 2.41. The summed E-state index contributed by atoms with van der Waals surface area (Å²) in [6.07, 6.45) is 4.98. The molecule has 4 aromatic carbocycles. The Morgan fingerprint density at radius 3 is 2.52 bits per heavy atom. The Morgan fingerprint density at radius 1 is 0.848 bits per heavy atom. The average Bonchev–Trinajstić information content (AvgIpc) is 3.50. The van der Waals surface area contributed by atoms with Gasteiger partial charge in [-0.05, 0) is 46.4 Å². The molecule has 2 heterocycles. The van der Waals surface area contributed by atoms with E-state index in [1.54, 1.807) is 17.4 Å². The third kappa shape index (κ3) is 2.57. The van der Waals surface area contributed by atoms with E-state index >= 15 is 4.39 Å². The molecule has 1 aliphatic carbocycles. The van der Waals surface area contributed by atoms with Crippen LogP contribution in [0.1, 0.15) is 27.8 Å². The van der Waals surface area contributed by atoms with Crippen LogP contribution in [0.25, 0.3) is 27.3 Å². The molecular weight excluding hydrogens is 427 g/mol. The molecule has 0 spiro atoms. The standard InChI is InChI=1S/C30H19FOS/c31-26-13-7-6-12-25(26)30(20-9-2-1-3-10-20)16-14-23-28(32-30)24-18-19-8-4-5-11-21(19)27(24)22-15-17-33-29(22)23/h1-17H,18H2. The van der Waals surface area contributed by atoms with E-state index in [2.05, 4.69) is 41.8 Å². The summed E-state index contributed by atoms with van der Waals surface area (Å²) in [4.78, 5) is 0. The van der Waals surface area contributed by atoms with E-state index in [0.717, 1.165) is 23.3 Å². The SMILES string of the molecule is Fc1ccccc1C1(c2ccccc2)C=Cc2c(c3c(c4ccsc24)-c2ccccc2C3)O1. The van der Waals surface area contributed by atoms with Gasteiger partial charge in [0, 0.05) is 38.8 Å². The van der Waals surface area contributed by atoms with E-state index in [9.17, 15) is 0 Å². The van der Waals surface area contributed by atoms with Crippen LogP contribution in [0.5, 0.6) is 5.75 Å². The summed E-state index contributed by atoms with van der Waals surface area (Å²) in [6, 6.07) is 27.7. The quantitative estimate of drug-likeness (QED) is 0.262. The first kappa shape index (κ1) is 18.8. The van der Waals surface area contributed by atoms with Crippen LogP contribution < -0.4 is 4.74 Å². The summed E-state index contributed by atoms with van der Waals surface area (Å²) in [5.74, 6) is 0.595. The predicted molar refractivity (Wildman–Crippen MR) is 133 cm³/mol. The zero-order valence-electron chi connectivity index (χ0n) is 17.7. The molecule has 0 amide bonds. The van der Waals surface area contributed by atoms with Gasteiger partial charge in [-0.15, -0.1) is 11.3 Å². The first-order valence-corrected chi connectivity index (χ1v) is 12.0. The Balaban J connectivity index is 1.54. The number of benzene rings is 4. The van der Waals surface area contributed by atoms with Crippen LogP contribution in [0.3, 0.4) is 0 Å². The van der Waals surface area contributed by atoms with E-state index in [0.29, 0.717) is 5.56 Å². The monoisotopic (exact) mass is 446 g/mol. The van der Waals surface area contributed by atoms with Gasteiger partial charge in [0.2, 0.25) is 0 Å². The molecule has 0 N–H and O–H groups in total. The number of thiophene rings is 1. The zero-order valence-corrected chi connectivity index (χ0v) is 18.5. The van der Waals surface area contributed by atoms with Gasteiger partial charge in [0.25, 0.3) is 0 Å². The van der Waals surface area contributed by atoms with Crippen molar-refractivity contribution in [3.63, 3.8) is 0 Å². The van der Waals surface area contributed by atoms with Crippen molar-refractivity contribution < 1.29 is 9.13 Å². The molecule has 158 valence electrons. The van der Waals surface area contributed by atoms with E-state index in [1.807, 2.05) is 48.5 Å². The number of fused-ring (bicyclic) bond motifs is 8. The lowest BCUT2D eigenvalue weighted by Crippen LogP contribution is -2.35. The molecular formula is C30H19FOS.